The minimum Gasteiger partial charge on any atom is -0.508 e. The number of benzene rings is 2. The van der Waals surface area contributed by atoms with Gasteiger partial charge in [-0.2, -0.15) is 0 Å². The monoisotopic (exact) mass is 571 g/mol. The lowest BCUT2D eigenvalue weighted by Crippen LogP contribution is -2.61. The number of nitrogens with zero attached hydrogens (tertiary/aromatic N) is 6. The summed E-state index contributed by atoms with van der Waals surface area (Å²) in [6.07, 6.45) is 6.16. The van der Waals surface area contributed by atoms with Crippen molar-refractivity contribution in [1.82, 2.24) is 30.4 Å². The third-order valence-corrected chi connectivity index (χ3v) is 9.45. The van der Waals surface area contributed by atoms with E-state index < -0.39 is 17.5 Å². The van der Waals surface area contributed by atoms with E-state index in [1.807, 2.05) is 0 Å². The summed E-state index contributed by atoms with van der Waals surface area (Å²) in [4.78, 5) is 13.9. The Morgan fingerprint density at radius 1 is 0.976 bits per heavy atom. The molecule has 2 aromatic carbocycles. The highest BCUT2D eigenvalue weighted by atomic mass is 19.2. The molecule has 2 N–H and O–H groups in total. The Morgan fingerprint density at radius 2 is 1.81 bits per heavy atom. The first-order valence-corrected chi connectivity index (χ1v) is 14.5. The van der Waals surface area contributed by atoms with Crippen LogP contribution in [0.3, 0.4) is 0 Å². The highest BCUT2D eigenvalue weighted by Crippen LogP contribution is 2.40. The lowest BCUT2D eigenvalue weighted by atomic mass is 9.93. The van der Waals surface area contributed by atoms with Crippen molar-refractivity contribution in [2.75, 3.05) is 31.1 Å². The molecule has 4 aromatic rings. The summed E-state index contributed by atoms with van der Waals surface area (Å²) in [6, 6.07) is 5.18. The molecule has 2 aromatic heterocycles. The zero-order chi connectivity index (χ0) is 28.6. The molecule has 8 nitrogen and oxygen atoms in total. The fourth-order valence-electron chi connectivity index (χ4n) is 7.39. The molecule has 0 spiro atoms. The van der Waals surface area contributed by atoms with E-state index in [-0.39, 0.29) is 62.3 Å². The van der Waals surface area contributed by atoms with Gasteiger partial charge in [-0.05, 0) is 81.1 Å². The minimum atomic E-state index is -1.16. The van der Waals surface area contributed by atoms with E-state index in [2.05, 4.69) is 42.1 Å². The fraction of sp³-hybridized carbons (Fsp3) is 0.419. The van der Waals surface area contributed by atoms with Gasteiger partial charge in [0.15, 0.2) is 28.8 Å². The molecule has 9 rings (SSSR count). The Morgan fingerprint density at radius 3 is 2.55 bits per heavy atom. The first-order chi connectivity index (χ1) is 20.4. The summed E-state index contributed by atoms with van der Waals surface area (Å²) in [7, 11) is 0. The summed E-state index contributed by atoms with van der Waals surface area (Å²) in [5.41, 5.74) is -0.560. The van der Waals surface area contributed by atoms with Gasteiger partial charge < -0.3 is 15.3 Å². The quantitative estimate of drug-likeness (QED) is 0.345. The fourth-order valence-corrected chi connectivity index (χ4v) is 7.39. The lowest BCUT2D eigenvalue weighted by molar-refractivity contribution is 0.261. The minimum absolute atomic E-state index is 0.0933. The van der Waals surface area contributed by atoms with E-state index in [1.54, 1.807) is 0 Å². The summed E-state index contributed by atoms with van der Waals surface area (Å²) in [6.45, 7) is 3.51. The molecule has 214 valence electrons. The van der Waals surface area contributed by atoms with Crippen molar-refractivity contribution >= 4 is 27.6 Å². The van der Waals surface area contributed by atoms with E-state index in [0.29, 0.717) is 12.4 Å². The van der Waals surface area contributed by atoms with Crippen LogP contribution in [0.15, 0.2) is 24.3 Å². The van der Waals surface area contributed by atoms with Crippen molar-refractivity contribution in [2.24, 2.45) is 0 Å². The Kier molecular flexibility index (Phi) is 5.81. The first kappa shape index (κ1) is 25.7. The van der Waals surface area contributed by atoms with E-state index >= 15 is 8.78 Å². The molecule has 0 saturated carbocycles. The topological polar surface area (TPSA) is 90.3 Å². The molecule has 0 unspecified atom stereocenters. The van der Waals surface area contributed by atoms with Gasteiger partial charge in [-0.25, -0.2) is 23.1 Å². The maximum absolute atomic E-state index is 16.5. The van der Waals surface area contributed by atoms with E-state index in [9.17, 15) is 9.50 Å². The molecule has 2 atom stereocenters. The second-order valence-corrected chi connectivity index (χ2v) is 11.8. The third-order valence-electron chi connectivity index (χ3n) is 9.45. The molecule has 7 heterocycles. The Hall–Kier alpha value is -4.01. The molecule has 0 amide bonds. The van der Waals surface area contributed by atoms with Crippen LogP contribution < -0.4 is 10.2 Å². The molecule has 5 fully saturated rings. The predicted molar refractivity (Wildman–Crippen MR) is 151 cm³/mol. The second kappa shape index (κ2) is 9.51. The van der Waals surface area contributed by atoms with Gasteiger partial charge >= 0.3 is 0 Å². The van der Waals surface area contributed by atoms with Crippen LogP contribution in [0, 0.1) is 29.3 Å². The standard InChI is InChI=1S/C31H28F3N7O/c32-22-6-3-17-13-20(42)14-21(24(17)25(22)33)27-26(34)28-29(39-38-27)30(41-16-18-4-5-19(41)15-35-18)37-23(36-28)7-10-31-8-1-11-40(31)12-2-9-31/h3,6,13-14,18-19,35,42H,1-2,4-5,8-9,11-12,15-16H2/t18-,19-/m1/s1. The number of fused-ring (bicyclic) bond motifs is 6. The van der Waals surface area contributed by atoms with Crippen LogP contribution in [0.2, 0.25) is 0 Å². The maximum Gasteiger partial charge on any atom is 0.207 e. The summed E-state index contributed by atoms with van der Waals surface area (Å²) in [5.74, 6) is 3.95. The smallest absolute Gasteiger partial charge is 0.207 e. The Balaban J connectivity index is 1.34. The third kappa shape index (κ3) is 3.92. The molecule has 0 radical (unpaired) electrons. The molecular weight excluding hydrogens is 543 g/mol. The molecule has 2 bridgehead atoms. The van der Waals surface area contributed by atoms with Crippen molar-refractivity contribution in [3.63, 3.8) is 0 Å². The van der Waals surface area contributed by atoms with Crippen LogP contribution in [-0.4, -0.2) is 74.0 Å². The number of piperidine rings is 2. The van der Waals surface area contributed by atoms with Crippen LogP contribution >= 0.6 is 0 Å². The molecular formula is C31H28F3N7O. The van der Waals surface area contributed by atoms with Crippen molar-refractivity contribution < 1.29 is 18.3 Å². The maximum atomic E-state index is 16.5. The van der Waals surface area contributed by atoms with Gasteiger partial charge in [-0.3, -0.25) is 4.90 Å². The molecule has 42 heavy (non-hydrogen) atoms. The van der Waals surface area contributed by atoms with Gasteiger partial charge in [0.2, 0.25) is 5.82 Å². The van der Waals surface area contributed by atoms with Gasteiger partial charge in [0.1, 0.15) is 17.0 Å². The molecule has 5 aliphatic heterocycles. The van der Waals surface area contributed by atoms with E-state index in [1.165, 1.54) is 12.1 Å². The molecule has 5 saturated heterocycles. The zero-order valence-corrected chi connectivity index (χ0v) is 22.8. The molecule has 5 aliphatic rings. The number of hydrogen-bond donors (Lipinski definition) is 2. The number of hydrogen-bond acceptors (Lipinski definition) is 8. The van der Waals surface area contributed by atoms with E-state index in [4.69, 9.17) is 4.98 Å². The average Bonchev–Trinajstić information content (AvgIpc) is 3.59. The Labute approximate surface area is 240 Å². The number of phenols is 1. The van der Waals surface area contributed by atoms with Crippen molar-refractivity contribution in [3.8, 4) is 28.8 Å². The predicted octanol–water partition coefficient (Wildman–Crippen LogP) is 4.28. The number of anilines is 1. The summed E-state index contributed by atoms with van der Waals surface area (Å²) in [5, 5.41) is 22.4. The normalized spacial score (nSPS) is 23.0. The largest absolute Gasteiger partial charge is 0.508 e. The number of aromatic hydroxyl groups is 1. The second-order valence-electron chi connectivity index (χ2n) is 11.8. The van der Waals surface area contributed by atoms with Gasteiger partial charge in [0, 0.05) is 36.1 Å². The highest BCUT2D eigenvalue weighted by Gasteiger charge is 2.43. The van der Waals surface area contributed by atoms with Gasteiger partial charge in [-0.15, -0.1) is 10.2 Å². The number of nitrogens with one attached hydrogen (secondary N) is 1. The van der Waals surface area contributed by atoms with Gasteiger partial charge in [0.05, 0.1) is 5.54 Å². The van der Waals surface area contributed by atoms with Crippen molar-refractivity contribution in [2.45, 2.75) is 56.1 Å². The van der Waals surface area contributed by atoms with Crippen molar-refractivity contribution in [3.05, 3.63) is 47.5 Å². The number of rotatable bonds is 2. The summed E-state index contributed by atoms with van der Waals surface area (Å²) < 4.78 is 45.9. The number of piperazine rings is 1. The molecule has 11 heteroatoms. The Bertz CT molecular complexity index is 1820. The average molecular weight is 572 g/mol. The lowest BCUT2D eigenvalue weighted by Gasteiger charge is -2.46. The first-order valence-electron chi connectivity index (χ1n) is 14.5. The molecule has 0 aliphatic carbocycles. The highest BCUT2D eigenvalue weighted by molar-refractivity contribution is 5.99. The number of aromatic nitrogens is 4. The van der Waals surface area contributed by atoms with Crippen molar-refractivity contribution in [1.29, 1.82) is 0 Å². The van der Waals surface area contributed by atoms with Gasteiger partial charge in [0.25, 0.3) is 0 Å². The van der Waals surface area contributed by atoms with Crippen LogP contribution in [-0.2, 0) is 0 Å². The van der Waals surface area contributed by atoms with Crippen LogP contribution in [0.1, 0.15) is 44.3 Å². The number of phenolic OH excluding ortho intramolecular Hbond substituents is 1. The van der Waals surface area contributed by atoms with Gasteiger partial charge in [-0.1, -0.05) is 12.0 Å². The van der Waals surface area contributed by atoms with Crippen LogP contribution in [0.4, 0.5) is 19.0 Å². The van der Waals surface area contributed by atoms with E-state index in [0.717, 1.165) is 70.3 Å². The summed E-state index contributed by atoms with van der Waals surface area (Å²) >= 11 is 0. The SMILES string of the molecule is Oc1cc(-c2nnc3c(N4C[C@H]5CC[C@@H]4CN5)nc(C#CC45CCCN4CCC5)nc3c2F)c2c(F)c(F)ccc2c1. The zero-order valence-electron chi connectivity index (χ0n) is 22.8. The van der Waals surface area contributed by atoms with Crippen LogP contribution in [0.5, 0.6) is 5.75 Å². The number of halogens is 3. The van der Waals surface area contributed by atoms with Crippen LogP contribution in [0.25, 0.3) is 33.1 Å².